The van der Waals surface area contributed by atoms with Crippen molar-refractivity contribution in [1.29, 1.82) is 0 Å². The first-order chi connectivity index (χ1) is 9.24. The number of benzene rings is 1. The minimum atomic E-state index is -3.39. The molecule has 0 aromatic heterocycles. The van der Waals surface area contributed by atoms with Crippen molar-refractivity contribution in [2.45, 2.75) is 58.3 Å². The number of hydrogen-bond donors (Lipinski definition) is 1. The van der Waals surface area contributed by atoms with Crippen LogP contribution in [-0.4, -0.2) is 15.0 Å². The van der Waals surface area contributed by atoms with Crippen LogP contribution >= 0.6 is 0 Å². The molecule has 0 amide bonds. The number of sulfonamides is 1. The van der Waals surface area contributed by atoms with E-state index in [1.807, 2.05) is 32.9 Å². The molecule has 1 rings (SSSR count). The van der Waals surface area contributed by atoms with Crippen LogP contribution in [0.25, 0.3) is 0 Å². The van der Waals surface area contributed by atoms with Crippen LogP contribution in [0.2, 0.25) is 0 Å². The largest absolute Gasteiger partial charge is 0.240 e. The van der Waals surface area contributed by atoms with Crippen molar-refractivity contribution in [2.24, 2.45) is 5.41 Å². The van der Waals surface area contributed by atoms with Gasteiger partial charge in [-0.15, -0.1) is 0 Å². The van der Waals surface area contributed by atoms with Gasteiger partial charge in [-0.3, -0.25) is 0 Å². The second-order valence-electron chi connectivity index (χ2n) is 6.49. The lowest BCUT2D eigenvalue weighted by molar-refractivity contribution is 0.407. The summed E-state index contributed by atoms with van der Waals surface area (Å²) in [5.74, 6) is 0. The summed E-state index contributed by atoms with van der Waals surface area (Å²) in [6.07, 6.45) is 4.59. The fraction of sp³-hybridized carbons (Fsp3) is 0.625. The van der Waals surface area contributed by atoms with E-state index in [1.165, 1.54) is 18.4 Å². The van der Waals surface area contributed by atoms with Crippen LogP contribution in [-0.2, 0) is 16.4 Å². The van der Waals surface area contributed by atoms with Gasteiger partial charge in [0.25, 0.3) is 0 Å². The molecule has 0 atom stereocenters. The van der Waals surface area contributed by atoms with E-state index in [0.29, 0.717) is 11.4 Å². The average molecular weight is 297 g/mol. The maximum atomic E-state index is 12.1. The van der Waals surface area contributed by atoms with E-state index in [4.69, 9.17) is 0 Å². The smallest absolute Gasteiger partial charge is 0.211 e. The summed E-state index contributed by atoms with van der Waals surface area (Å²) < 4.78 is 26.9. The van der Waals surface area contributed by atoms with Gasteiger partial charge in [-0.2, -0.15) is 0 Å². The van der Waals surface area contributed by atoms with Crippen molar-refractivity contribution in [1.82, 2.24) is 4.72 Å². The van der Waals surface area contributed by atoms with Gasteiger partial charge in [-0.25, -0.2) is 13.1 Å². The van der Waals surface area contributed by atoms with E-state index < -0.39 is 10.0 Å². The van der Waals surface area contributed by atoms with Gasteiger partial charge >= 0.3 is 0 Å². The second-order valence-corrected chi connectivity index (χ2v) is 8.25. The molecule has 0 radical (unpaired) electrons. The number of unbranched alkanes of at least 4 members (excludes halogenated alkanes) is 2. The number of aryl methyl sites for hydroxylation is 1. The molecule has 0 aliphatic rings. The van der Waals surface area contributed by atoms with Crippen molar-refractivity contribution < 1.29 is 8.42 Å². The molecule has 3 nitrogen and oxygen atoms in total. The Labute approximate surface area is 123 Å². The van der Waals surface area contributed by atoms with Crippen LogP contribution in [0.5, 0.6) is 0 Å². The Bertz CT molecular complexity index is 498. The zero-order valence-corrected chi connectivity index (χ0v) is 13.9. The monoisotopic (exact) mass is 297 g/mol. The highest BCUT2D eigenvalue weighted by molar-refractivity contribution is 7.89. The highest BCUT2D eigenvalue weighted by atomic mass is 32.2. The quantitative estimate of drug-likeness (QED) is 0.779. The molecule has 1 aromatic rings. The van der Waals surface area contributed by atoms with E-state index in [9.17, 15) is 8.42 Å². The van der Waals surface area contributed by atoms with Crippen molar-refractivity contribution in [3.63, 3.8) is 0 Å². The average Bonchev–Trinajstić information content (AvgIpc) is 2.37. The Morgan fingerprint density at radius 3 is 2.15 bits per heavy atom. The summed E-state index contributed by atoms with van der Waals surface area (Å²) in [7, 11) is -3.39. The number of hydrogen-bond acceptors (Lipinski definition) is 2. The van der Waals surface area contributed by atoms with Gasteiger partial charge in [0.15, 0.2) is 0 Å². The lowest BCUT2D eigenvalue weighted by Crippen LogP contribution is -2.32. The van der Waals surface area contributed by atoms with Crippen LogP contribution in [0.15, 0.2) is 29.2 Å². The lowest BCUT2D eigenvalue weighted by Gasteiger charge is -2.18. The summed E-state index contributed by atoms with van der Waals surface area (Å²) in [6.45, 7) is 8.63. The third-order valence-electron chi connectivity index (χ3n) is 3.10. The van der Waals surface area contributed by atoms with E-state index in [1.54, 1.807) is 12.1 Å². The summed E-state index contributed by atoms with van der Waals surface area (Å²) in [4.78, 5) is 0.348. The van der Waals surface area contributed by atoms with Crippen LogP contribution in [0, 0.1) is 5.41 Å². The molecule has 0 heterocycles. The zero-order chi connectivity index (χ0) is 15.2. The predicted molar refractivity (Wildman–Crippen MR) is 84.3 cm³/mol. The van der Waals surface area contributed by atoms with Crippen molar-refractivity contribution in [3.8, 4) is 0 Å². The van der Waals surface area contributed by atoms with E-state index in [-0.39, 0.29) is 5.41 Å². The van der Waals surface area contributed by atoms with Crippen LogP contribution in [0.1, 0.15) is 52.5 Å². The molecule has 4 heteroatoms. The standard InChI is InChI=1S/C16H27NO2S/c1-5-6-7-8-14-9-11-15(12-10-14)20(18,19)17-13-16(2,3)4/h9-12,17H,5-8,13H2,1-4H3. The Kier molecular flexibility index (Phi) is 6.21. The molecule has 114 valence electrons. The molecule has 0 spiro atoms. The van der Waals surface area contributed by atoms with Crippen molar-refractivity contribution in [3.05, 3.63) is 29.8 Å². The lowest BCUT2D eigenvalue weighted by atomic mass is 9.98. The molecular weight excluding hydrogens is 270 g/mol. The SMILES string of the molecule is CCCCCc1ccc(S(=O)(=O)NCC(C)(C)C)cc1. The number of nitrogens with one attached hydrogen (secondary N) is 1. The van der Waals surface area contributed by atoms with E-state index in [2.05, 4.69) is 11.6 Å². The van der Waals surface area contributed by atoms with Gasteiger partial charge < -0.3 is 0 Å². The van der Waals surface area contributed by atoms with Gasteiger partial charge in [0.05, 0.1) is 4.90 Å². The molecule has 0 fully saturated rings. The van der Waals surface area contributed by atoms with Gasteiger partial charge in [-0.05, 0) is 36.0 Å². The first-order valence-corrected chi connectivity index (χ1v) is 8.81. The first kappa shape index (κ1) is 17.2. The Morgan fingerprint density at radius 2 is 1.65 bits per heavy atom. The fourth-order valence-electron chi connectivity index (χ4n) is 1.81. The molecular formula is C16H27NO2S. The Balaban J connectivity index is 2.67. The summed E-state index contributed by atoms with van der Waals surface area (Å²) >= 11 is 0. The molecule has 0 saturated carbocycles. The molecule has 0 bridgehead atoms. The highest BCUT2D eigenvalue weighted by Crippen LogP contribution is 2.15. The molecule has 0 aliphatic carbocycles. The topological polar surface area (TPSA) is 46.2 Å². The molecule has 0 aliphatic heterocycles. The van der Waals surface area contributed by atoms with Crippen molar-refractivity contribution in [2.75, 3.05) is 6.54 Å². The van der Waals surface area contributed by atoms with E-state index >= 15 is 0 Å². The van der Waals surface area contributed by atoms with Gasteiger partial charge in [0, 0.05) is 6.54 Å². The molecule has 0 unspecified atom stereocenters. The summed E-state index contributed by atoms with van der Waals surface area (Å²) in [5, 5.41) is 0. The minimum absolute atomic E-state index is 0.0623. The van der Waals surface area contributed by atoms with Crippen LogP contribution in [0.4, 0.5) is 0 Å². The molecule has 1 aromatic carbocycles. The molecule has 0 saturated heterocycles. The first-order valence-electron chi connectivity index (χ1n) is 7.33. The van der Waals surface area contributed by atoms with Crippen LogP contribution in [0.3, 0.4) is 0 Å². The maximum Gasteiger partial charge on any atom is 0.240 e. The van der Waals surface area contributed by atoms with Gasteiger partial charge in [0.1, 0.15) is 0 Å². The Morgan fingerprint density at radius 1 is 1.05 bits per heavy atom. The van der Waals surface area contributed by atoms with Gasteiger partial charge in [-0.1, -0.05) is 52.7 Å². The van der Waals surface area contributed by atoms with Gasteiger partial charge in [0.2, 0.25) is 10.0 Å². The van der Waals surface area contributed by atoms with Crippen LogP contribution < -0.4 is 4.72 Å². The fourth-order valence-corrected chi connectivity index (χ4v) is 3.09. The Hall–Kier alpha value is -0.870. The minimum Gasteiger partial charge on any atom is -0.211 e. The third kappa shape index (κ3) is 6.06. The highest BCUT2D eigenvalue weighted by Gasteiger charge is 2.18. The van der Waals surface area contributed by atoms with E-state index in [0.717, 1.165) is 12.8 Å². The predicted octanol–water partition coefficient (Wildman–Crippen LogP) is 3.74. The molecule has 20 heavy (non-hydrogen) atoms. The maximum absolute atomic E-state index is 12.1. The second kappa shape index (κ2) is 7.23. The summed E-state index contributed by atoms with van der Waals surface area (Å²) in [6, 6.07) is 7.24. The molecule has 1 N–H and O–H groups in total. The third-order valence-corrected chi connectivity index (χ3v) is 4.51. The number of rotatable bonds is 7. The summed E-state index contributed by atoms with van der Waals surface area (Å²) in [5.41, 5.74) is 1.14. The normalized spacial score (nSPS) is 12.6. The van der Waals surface area contributed by atoms with Crippen molar-refractivity contribution >= 4 is 10.0 Å². The zero-order valence-electron chi connectivity index (χ0n) is 13.1.